The molecule has 2 N–H and O–H groups in total. The van der Waals surface area contributed by atoms with Crippen LogP contribution in [0.25, 0.3) is 0 Å². The van der Waals surface area contributed by atoms with Gasteiger partial charge >= 0.3 is 0 Å². The normalized spacial score (nSPS) is 10.6. The molecule has 0 radical (unpaired) electrons. The number of anilines is 1. The third-order valence-electron chi connectivity index (χ3n) is 1.78. The number of nitrogen functional groups attached to an aromatic ring is 1. The fourth-order valence-corrected chi connectivity index (χ4v) is 3.09. The molecule has 0 aliphatic rings. The van der Waals surface area contributed by atoms with Crippen LogP contribution in [0.2, 0.25) is 5.02 Å². The number of pyridine rings is 1. The van der Waals surface area contributed by atoms with Crippen molar-refractivity contribution in [1.82, 2.24) is 15.2 Å². The highest BCUT2D eigenvalue weighted by Gasteiger charge is 2.06. The molecule has 0 amide bonds. The van der Waals surface area contributed by atoms with E-state index < -0.39 is 0 Å². The Balaban J connectivity index is 2.07. The molecular weight excluding hydrogens is 264 g/mol. The molecular formula is C9H9ClN4S2. The minimum absolute atomic E-state index is 0.480. The summed E-state index contributed by atoms with van der Waals surface area (Å²) in [6.45, 7) is 1.92. The Hall–Kier alpha value is -0.850. The predicted octanol–water partition coefficient (Wildman–Crippen LogP) is 2.77. The second kappa shape index (κ2) is 4.99. The van der Waals surface area contributed by atoms with Crippen LogP contribution in [0.3, 0.4) is 0 Å². The van der Waals surface area contributed by atoms with Gasteiger partial charge in [-0.3, -0.25) is 0 Å². The Morgan fingerprint density at radius 3 is 2.94 bits per heavy atom. The molecule has 0 aromatic carbocycles. The molecule has 16 heavy (non-hydrogen) atoms. The largest absolute Gasteiger partial charge is 0.384 e. The van der Waals surface area contributed by atoms with Crippen LogP contribution in [0.1, 0.15) is 10.7 Å². The van der Waals surface area contributed by atoms with Crippen LogP contribution in [0.5, 0.6) is 0 Å². The molecule has 0 aliphatic heterocycles. The molecule has 0 saturated heterocycles. The average molecular weight is 273 g/mol. The predicted molar refractivity (Wildman–Crippen MR) is 67.9 cm³/mol. The fourth-order valence-electron chi connectivity index (χ4n) is 1.07. The number of thioether (sulfide) groups is 1. The number of aromatic nitrogens is 3. The lowest BCUT2D eigenvalue weighted by atomic mass is 10.4. The number of nitrogens with zero attached hydrogens (tertiary/aromatic N) is 3. The van der Waals surface area contributed by atoms with Gasteiger partial charge in [-0.15, -0.1) is 10.2 Å². The molecule has 2 heterocycles. The van der Waals surface area contributed by atoms with Crippen molar-refractivity contribution in [3.05, 3.63) is 27.9 Å². The van der Waals surface area contributed by atoms with Crippen LogP contribution in [0, 0.1) is 6.92 Å². The van der Waals surface area contributed by atoms with Gasteiger partial charge in [0.2, 0.25) is 0 Å². The van der Waals surface area contributed by atoms with E-state index in [-0.39, 0.29) is 0 Å². The molecule has 4 nitrogen and oxygen atoms in total. The summed E-state index contributed by atoms with van der Waals surface area (Å²) in [5.41, 5.74) is 6.37. The van der Waals surface area contributed by atoms with E-state index in [4.69, 9.17) is 17.3 Å². The summed E-state index contributed by atoms with van der Waals surface area (Å²) in [5.74, 6) is 1.13. The van der Waals surface area contributed by atoms with E-state index in [0.29, 0.717) is 16.6 Å². The van der Waals surface area contributed by atoms with Crippen molar-refractivity contribution >= 4 is 40.5 Å². The van der Waals surface area contributed by atoms with Gasteiger partial charge in [-0.05, 0) is 19.1 Å². The zero-order valence-electron chi connectivity index (χ0n) is 8.48. The summed E-state index contributed by atoms with van der Waals surface area (Å²) in [6.07, 6.45) is 0. The lowest BCUT2D eigenvalue weighted by Gasteiger charge is -2.02. The van der Waals surface area contributed by atoms with Gasteiger partial charge in [0.05, 0.1) is 10.7 Å². The molecule has 0 aliphatic carbocycles. The monoisotopic (exact) mass is 272 g/mol. The number of halogens is 1. The Kier molecular flexibility index (Phi) is 3.63. The van der Waals surface area contributed by atoms with Crippen molar-refractivity contribution in [2.45, 2.75) is 17.0 Å². The maximum absolute atomic E-state index is 6.00. The molecule has 84 valence electrons. The van der Waals surface area contributed by atoms with Crippen LogP contribution in [-0.2, 0) is 5.75 Å². The van der Waals surface area contributed by atoms with Crippen LogP contribution in [-0.4, -0.2) is 15.2 Å². The Labute approximate surface area is 106 Å². The Morgan fingerprint density at radius 1 is 1.44 bits per heavy atom. The van der Waals surface area contributed by atoms with Crippen LogP contribution in [0.4, 0.5) is 5.82 Å². The van der Waals surface area contributed by atoms with E-state index in [9.17, 15) is 0 Å². The topological polar surface area (TPSA) is 64.7 Å². The van der Waals surface area contributed by atoms with Gasteiger partial charge in [0, 0.05) is 5.75 Å². The number of hydrogen-bond acceptors (Lipinski definition) is 6. The summed E-state index contributed by atoms with van der Waals surface area (Å²) < 4.78 is 0.915. The molecule has 2 rings (SSSR count). The maximum atomic E-state index is 6.00. The molecule has 2 aromatic heterocycles. The first-order chi connectivity index (χ1) is 7.65. The first-order valence-electron chi connectivity index (χ1n) is 4.49. The summed E-state index contributed by atoms with van der Waals surface area (Å²) >= 11 is 9.12. The van der Waals surface area contributed by atoms with Crippen molar-refractivity contribution in [1.29, 1.82) is 0 Å². The van der Waals surface area contributed by atoms with Crippen LogP contribution in [0.15, 0.2) is 16.5 Å². The summed E-state index contributed by atoms with van der Waals surface area (Å²) in [7, 11) is 0. The standard InChI is InChI=1S/C9H9ClN4S2/c1-5-13-14-9(16-5)15-4-7-6(10)2-3-8(11)12-7/h2-3H,4H2,1H3,(H2,11,12). The molecule has 0 atom stereocenters. The maximum Gasteiger partial charge on any atom is 0.174 e. The summed E-state index contributed by atoms with van der Waals surface area (Å²) in [4.78, 5) is 4.18. The van der Waals surface area contributed by atoms with E-state index in [0.717, 1.165) is 15.0 Å². The van der Waals surface area contributed by atoms with Gasteiger partial charge < -0.3 is 5.73 Å². The number of aryl methyl sites for hydroxylation is 1. The van der Waals surface area contributed by atoms with Gasteiger partial charge in [0.1, 0.15) is 10.8 Å². The van der Waals surface area contributed by atoms with E-state index in [1.807, 2.05) is 6.92 Å². The van der Waals surface area contributed by atoms with Crippen molar-refractivity contribution in [2.75, 3.05) is 5.73 Å². The minimum atomic E-state index is 0.480. The number of rotatable bonds is 3. The van der Waals surface area contributed by atoms with Gasteiger partial charge in [0.25, 0.3) is 0 Å². The number of hydrogen-bond donors (Lipinski definition) is 1. The smallest absolute Gasteiger partial charge is 0.174 e. The van der Waals surface area contributed by atoms with E-state index >= 15 is 0 Å². The van der Waals surface area contributed by atoms with E-state index in [1.54, 1.807) is 35.2 Å². The molecule has 0 unspecified atom stereocenters. The van der Waals surface area contributed by atoms with Crippen molar-refractivity contribution in [3.8, 4) is 0 Å². The average Bonchev–Trinajstić information content (AvgIpc) is 2.66. The van der Waals surface area contributed by atoms with E-state index in [1.165, 1.54) is 0 Å². The second-order valence-corrected chi connectivity index (χ2v) is 5.85. The van der Waals surface area contributed by atoms with E-state index in [2.05, 4.69) is 15.2 Å². The van der Waals surface area contributed by atoms with Gasteiger partial charge in [-0.1, -0.05) is 34.7 Å². The molecule has 0 spiro atoms. The molecule has 2 aromatic rings. The van der Waals surface area contributed by atoms with Crippen LogP contribution < -0.4 is 5.73 Å². The minimum Gasteiger partial charge on any atom is -0.384 e. The fraction of sp³-hybridized carbons (Fsp3) is 0.222. The molecule has 0 saturated carbocycles. The summed E-state index contributed by atoms with van der Waals surface area (Å²) in [6, 6.07) is 3.44. The quantitative estimate of drug-likeness (QED) is 0.871. The third-order valence-corrected chi connectivity index (χ3v) is 4.11. The lowest BCUT2D eigenvalue weighted by molar-refractivity contribution is 0.983. The highest BCUT2D eigenvalue weighted by molar-refractivity contribution is 8.00. The molecule has 0 bridgehead atoms. The van der Waals surface area contributed by atoms with Gasteiger partial charge in [0.15, 0.2) is 4.34 Å². The molecule has 7 heteroatoms. The van der Waals surface area contributed by atoms with Crippen molar-refractivity contribution in [3.63, 3.8) is 0 Å². The Bertz CT molecular complexity index is 500. The van der Waals surface area contributed by atoms with Gasteiger partial charge in [-0.2, -0.15) is 0 Å². The highest BCUT2D eigenvalue weighted by Crippen LogP contribution is 2.27. The lowest BCUT2D eigenvalue weighted by Crippen LogP contribution is -1.94. The zero-order valence-corrected chi connectivity index (χ0v) is 10.9. The first-order valence-corrected chi connectivity index (χ1v) is 6.67. The van der Waals surface area contributed by atoms with Crippen LogP contribution >= 0.6 is 34.7 Å². The Morgan fingerprint density at radius 2 is 2.25 bits per heavy atom. The zero-order chi connectivity index (χ0) is 11.5. The number of nitrogens with two attached hydrogens (primary N) is 1. The van der Waals surface area contributed by atoms with Crippen molar-refractivity contribution < 1.29 is 0 Å². The van der Waals surface area contributed by atoms with Gasteiger partial charge in [-0.25, -0.2) is 4.98 Å². The molecule has 0 fully saturated rings. The third kappa shape index (κ3) is 2.84. The highest BCUT2D eigenvalue weighted by atomic mass is 35.5. The SMILES string of the molecule is Cc1nnc(SCc2nc(N)ccc2Cl)s1. The first kappa shape index (κ1) is 11.6. The van der Waals surface area contributed by atoms with Crippen molar-refractivity contribution in [2.24, 2.45) is 0 Å². The second-order valence-electron chi connectivity index (χ2n) is 3.04. The summed E-state index contributed by atoms with van der Waals surface area (Å²) in [5, 5.41) is 9.53.